The smallest absolute Gasteiger partial charge is 0.416 e. The first-order chi connectivity index (χ1) is 9.92. The second-order valence-electron chi connectivity index (χ2n) is 4.00. The molecule has 0 aliphatic heterocycles. The fourth-order valence-electron chi connectivity index (χ4n) is 1.58. The zero-order valence-electron chi connectivity index (χ0n) is 10.9. The molecule has 3 N–H and O–H groups in total. The van der Waals surface area contributed by atoms with Crippen LogP contribution in [-0.4, -0.2) is 12.1 Å². The third-order valence-electron chi connectivity index (χ3n) is 2.54. The third-order valence-corrected chi connectivity index (χ3v) is 3.45. The minimum atomic E-state index is -4.46. The van der Waals surface area contributed by atoms with E-state index in [1.807, 2.05) is 0 Å². The van der Waals surface area contributed by atoms with Gasteiger partial charge in [0, 0.05) is 4.90 Å². The average molecular weight is 315 g/mol. The van der Waals surface area contributed by atoms with E-state index in [4.69, 9.17) is 10.6 Å². The average Bonchev–Trinajstić information content (AvgIpc) is 2.46. The normalized spacial score (nSPS) is 11.3. The summed E-state index contributed by atoms with van der Waals surface area (Å²) < 4.78 is 43.5. The highest BCUT2D eigenvalue weighted by Gasteiger charge is 2.31. The highest BCUT2D eigenvalue weighted by Crippen LogP contribution is 2.35. The number of nitrogens with two attached hydrogens (primary N) is 1. The first kappa shape index (κ1) is 15.5. The molecule has 4 nitrogen and oxygen atoms in total. The van der Waals surface area contributed by atoms with Gasteiger partial charge in [-0.25, -0.2) is 10.8 Å². The maximum Gasteiger partial charge on any atom is 0.416 e. The number of nitrogens with zero attached hydrogens (tertiary/aromatic N) is 1. The zero-order valence-corrected chi connectivity index (χ0v) is 11.8. The van der Waals surface area contributed by atoms with Gasteiger partial charge >= 0.3 is 6.18 Å². The van der Waals surface area contributed by atoms with Gasteiger partial charge in [0.25, 0.3) is 0 Å². The number of rotatable bonds is 4. The Morgan fingerprint density at radius 1 is 1.24 bits per heavy atom. The topological polar surface area (TPSA) is 60.2 Å². The Morgan fingerprint density at radius 2 is 2.00 bits per heavy atom. The van der Waals surface area contributed by atoms with Crippen molar-refractivity contribution in [1.29, 1.82) is 0 Å². The van der Waals surface area contributed by atoms with Crippen LogP contribution in [0.4, 0.5) is 19.0 Å². The number of ether oxygens (including phenoxy) is 1. The molecule has 1 heterocycles. The number of alkyl halides is 3. The summed E-state index contributed by atoms with van der Waals surface area (Å²) in [5.74, 6) is 5.73. The molecule has 8 heteroatoms. The third kappa shape index (κ3) is 4.02. The summed E-state index contributed by atoms with van der Waals surface area (Å²) in [4.78, 5) is 4.71. The van der Waals surface area contributed by atoms with Crippen molar-refractivity contribution in [2.24, 2.45) is 5.84 Å². The van der Waals surface area contributed by atoms with Crippen LogP contribution in [0.1, 0.15) is 5.56 Å². The predicted molar refractivity (Wildman–Crippen MR) is 74.2 cm³/mol. The molecule has 0 fully saturated rings. The van der Waals surface area contributed by atoms with E-state index in [0.29, 0.717) is 10.6 Å². The van der Waals surface area contributed by atoms with E-state index in [0.717, 1.165) is 23.9 Å². The molecule has 0 spiro atoms. The molecule has 0 aliphatic carbocycles. The second kappa shape index (κ2) is 6.23. The van der Waals surface area contributed by atoms with Crippen molar-refractivity contribution < 1.29 is 17.9 Å². The van der Waals surface area contributed by atoms with Crippen LogP contribution >= 0.6 is 11.8 Å². The Bertz CT molecular complexity index is 634. The molecule has 0 unspecified atom stereocenters. The molecule has 1 aromatic carbocycles. The summed E-state index contributed by atoms with van der Waals surface area (Å²) >= 11 is 1.09. The minimum Gasteiger partial charge on any atom is -0.497 e. The molecule has 2 rings (SSSR count). The van der Waals surface area contributed by atoms with Gasteiger partial charge in [-0.1, -0.05) is 17.8 Å². The lowest BCUT2D eigenvalue weighted by Crippen LogP contribution is -2.12. The van der Waals surface area contributed by atoms with Crippen LogP contribution in [0.3, 0.4) is 0 Å². The molecule has 0 aliphatic rings. The van der Waals surface area contributed by atoms with Gasteiger partial charge in [-0.15, -0.1) is 0 Å². The fraction of sp³-hybridized carbons (Fsp3) is 0.154. The number of anilines is 1. The van der Waals surface area contributed by atoms with Crippen molar-refractivity contribution in [3.8, 4) is 5.75 Å². The van der Waals surface area contributed by atoms with E-state index < -0.39 is 11.7 Å². The summed E-state index contributed by atoms with van der Waals surface area (Å²) in [6, 6.07) is 8.79. The van der Waals surface area contributed by atoms with Gasteiger partial charge in [0.1, 0.15) is 16.6 Å². The van der Waals surface area contributed by atoms with Crippen molar-refractivity contribution in [3.63, 3.8) is 0 Å². The molecule has 0 saturated carbocycles. The number of pyridine rings is 1. The lowest BCUT2D eigenvalue weighted by Gasteiger charge is -2.11. The molecule has 0 atom stereocenters. The number of halogens is 3. The summed E-state index contributed by atoms with van der Waals surface area (Å²) in [5, 5.41) is 0.186. The van der Waals surface area contributed by atoms with Gasteiger partial charge in [-0.3, -0.25) is 0 Å². The number of aromatic nitrogens is 1. The molecular weight excluding hydrogens is 303 g/mol. The number of hydrogen-bond donors (Lipinski definition) is 2. The minimum absolute atomic E-state index is 0.0461. The quantitative estimate of drug-likeness (QED) is 0.667. The second-order valence-corrected chi connectivity index (χ2v) is 5.10. The van der Waals surface area contributed by atoms with Crippen LogP contribution in [0.5, 0.6) is 5.75 Å². The van der Waals surface area contributed by atoms with Crippen molar-refractivity contribution in [3.05, 3.63) is 42.0 Å². The number of methoxy groups -OCH3 is 1. The summed E-state index contributed by atoms with van der Waals surface area (Å²) in [5.41, 5.74) is 1.33. The van der Waals surface area contributed by atoms with Gasteiger partial charge in [0.2, 0.25) is 0 Å². The van der Waals surface area contributed by atoms with E-state index in [2.05, 4.69) is 10.4 Å². The number of nitrogens with one attached hydrogen (secondary N) is 1. The number of hydrazine groups is 1. The van der Waals surface area contributed by atoms with Crippen LogP contribution in [-0.2, 0) is 6.18 Å². The van der Waals surface area contributed by atoms with E-state index in [1.54, 1.807) is 24.3 Å². The summed E-state index contributed by atoms with van der Waals surface area (Å²) in [7, 11) is 1.52. The summed E-state index contributed by atoms with van der Waals surface area (Å²) in [6.07, 6.45) is -4.46. The van der Waals surface area contributed by atoms with Crippen LogP contribution in [0.15, 0.2) is 46.3 Å². The Balaban J connectivity index is 2.34. The Hall–Kier alpha value is -1.93. The van der Waals surface area contributed by atoms with E-state index in [1.165, 1.54) is 7.11 Å². The first-order valence-electron chi connectivity index (χ1n) is 5.80. The molecule has 0 saturated heterocycles. The highest BCUT2D eigenvalue weighted by molar-refractivity contribution is 7.99. The Labute approximate surface area is 123 Å². The van der Waals surface area contributed by atoms with E-state index >= 15 is 0 Å². The number of hydrogen-bond acceptors (Lipinski definition) is 5. The van der Waals surface area contributed by atoms with Crippen molar-refractivity contribution in [2.45, 2.75) is 16.1 Å². The van der Waals surface area contributed by atoms with Gasteiger partial charge in [-0.2, -0.15) is 13.2 Å². The summed E-state index contributed by atoms with van der Waals surface area (Å²) in [6.45, 7) is 0. The molecule has 112 valence electrons. The van der Waals surface area contributed by atoms with Gasteiger partial charge < -0.3 is 10.2 Å². The molecule has 0 amide bonds. The standard InChI is InChI=1S/C13H12F3N3OS/c1-20-9-3-2-4-10(7-9)21-12-6-8(13(14,15)16)5-11(18-12)19-17/h2-7H,17H2,1H3,(H,18,19). The molecule has 1 aromatic heterocycles. The van der Waals surface area contributed by atoms with Gasteiger partial charge in [0.15, 0.2) is 0 Å². The monoisotopic (exact) mass is 315 g/mol. The molecule has 21 heavy (non-hydrogen) atoms. The number of benzene rings is 1. The highest BCUT2D eigenvalue weighted by atomic mass is 32.2. The van der Waals surface area contributed by atoms with Crippen molar-refractivity contribution in [2.75, 3.05) is 12.5 Å². The van der Waals surface area contributed by atoms with E-state index in [9.17, 15) is 13.2 Å². The van der Waals surface area contributed by atoms with Gasteiger partial charge in [0.05, 0.1) is 12.7 Å². The Morgan fingerprint density at radius 3 is 2.62 bits per heavy atom. The predicted octanol–water partition coefficient (Wildman–Crippen LogP) is 3.55. The van der Waals surface area contributed by atoms with Crippen LogP contribution in [0, 0.1) is 0 Å². The lowest BCUT2D eigenvalue weighted by atomic mass is 10.2. The van der Waals surface area contributed by atoms with Crippen LogP contribution in [0.25, 0.3) is 0 Å². The number of nitrogen functional groups attached to an aromatic ring is 1. The SMILES string of the molecule is COc1cccc(Sc2cc(C(F)(F)F)cc(NN)n2)c1. The molecule has 0 radical (unpaired) electrons. The maximum absolute atomic E-state index is 12.8. The lowest BCUT2D eigenvalue weighted by molar-refractivity contribution is -0.137. The van der Waals surface area contributed by atoms with E-state index in [-0.39, 0.29) is 10.8 Å². The molecule has 0 bridgehead atoms. The largest absolute Gasteiger partial charge is 0.497 e. The van der Waals surface area contributed by atoms with Crippen LogP contribution in [0.2, 0.25) is 0 Å². The Kier molecular flexibility index (Phi) is 4.59. The fourth-order valence-corrected chi connectivity index (χ4v) is 2.47. The van der Waals surface area contributed by atoms with Crippen molar-refractivity contribution in [1.82, 2.24) is 4.98 Å². The first-order valence-corrected chi connectivity index (χ1v) is 6.62. The molecular formula is C13H12F3N3OS. The van der Waals surface area contributed by atoms with Crippen LogP contribution < -0.4 is 16.0 Å². The molecule has 2 aromatic rings. The van der Waals surface area contributed by atoms with Gasteiger partial charge in [-0.05, 0) is 30.3 Å². The zero-order chi connectivity index (χ0) is 15.5. The maximum atomic E-state index is 12.8. The van der Waals surface area contributed by atoms with Crippen molar-refractivity contribution >= 4 is 17.6 Å².